The van der Waals surface area contributed by atoms with Crippen LogP contribution in [0, 0.1) is 0 Å². The summed E-state index contributed by atoms with van der Waals surface area (Å²) in [7, 11) is 0. The maximum absolute atomic E-state index is 8.15. The van der Waals surface area contributed by atoms with Gasteiger partial charge >= 0.3 is 0 Å². The lowest BCUT2D eigenvalue weighted by Crippen LogP contribution is -1.97. The highest BCUT2D eigenvalue weighted by atomic mass is 16.5. The van der Waals surface area contributed by atoms with E-state index in [4.69, 9.17) is 14.9 Å². The van der Waals surface area contributed by atoms with Crippen LogP contribution in [0.3, 0.4) is 0 Å². The van der Waals surface area contributed by atoms with E-state index in [2.05, 4.69) is 0 Å². The Morgan fingerprint density at radius 3 is 2.75 bits per heavy atom. The van der Waals surface area contributed by atoms with Crippen molar-refractivity contribution in [2.45, 2.75) is 0 Å². The summed E-state index contributed by atoms with van der Waals surface area (Å²) < 4.78 is 4.73. The molecular weight excluding hydrogens is 108 g/mol. The van der Waals surface area contributed by atoms with Gasteiger partial charge < -0.3 is 14.9 Å². The molecule has 8 heavy (non-hydrogen) atoms. The topological polar surface area (TPSA) is 49.7 Å². The van der Waals surface area contributed by atoms with Crippen LogP contribution in [0.5, 0.6) is 0 Å². The minimum absolute atomic E-state index is 0.0271. The minimum Gasteiger partial charge on any atom is -0.516 e. The average Bonchev–Trinajstić information content (AvgIpc) is 1.81. The van der Waals surface area contributed by atoms with Crippen LogP contribution >= 0.6 is 0 Å². The summed E-state index contributed by atoms with van der Waals surface area (Å²) >= 11 is 0. The van der Waals surface area contributed by atoms with Gasteiger partial charge in [0.25, 0.3) is 0 Å². The smallest absolute Gasteiger partial charge is 0.0774 e. The first-order valence-corrected chi connectivity index (χ1v) is 2.39. The Morgan fingerprint density at radius 2 is 2.25 bits per heavy atom. The van der Waals surface area contributed by atoms with Crippen LogP contribution in [0.1, 0.15) is 0 Å². The molecule has 0 bridgehead atoms. The number of aliphatic hydroxyl groups excluding tert-OH is 2. The van der Waals surface area contributed by atoms with Gasteiger partial charge in [0.2, 0.25) is 0 Å². The van der Waals surface area contributed by atoms with Gasteiger partial charge in [-0.05, 0) is 6.08 Å². The zero-order chi connectivity index (χ0) is 6.24. The molecule has 0 amide bonds. The molecule has 0 saturated heterocycles. The minimum atomic E-state index is 0.0271. The fraction of sp³-hybridized carbons (Fsp3) is 0.600. The zero-order valence-electron chi connectivity index (χ0n) is 4.58. The van der Waals surface area contributed by atoms with Gasteiger partial charge in [0.05, 0.1) is 26.1 Å². The molecule has 2 N–H and O–H groups in total. The second kappa shape index (κ2) is 6.46. The third kappa shape index (κ3) is 5.46. The first kappa shape index (κ1) is 7.46. The van der Waals surface area contributed by atoms with Crippen molar-refractivity contribution in [3.05, 3.63) is 12.3 Å². The third-order valence-electron chi connectivity index (χ3n) is 0.555. The summed E-state index contributed by atoms with van der Waals surface area (Å²) in [6, 6.07) is 0. The van der Waals surface area contributed by atoms with Crippen molar-refractivity contribution < 1.29 is 14.9 Å². The molecule has 0 aliphatic carbocycles. The van der Waals surface area contributed by atoms with Crippen molar-refractivity contribution in [3.8, 4) is 0 Å². The molecule has 3 heteroatoms. The molecule has 3 nitrogen and oxygen atoms in total. The van der Waals surface area contributed by atoms with E-state index >= 15 is 0 Å². The van der Waals surface area contributed by atoms with Gasteiger partial charge in [-0.1, -0.05) is 0 Å². The van der Waals surface area contributed by atoms with Gasteiger partial charge in [0.15, 0.2) is 0 Å². The SMILES string of the molecule is OC=CCOCCO. The van der Waals surface area contributed by atoms with Gasteiger partial charge in [-0.2, -0.15) is 0 Å². The van der Waals surface area contributed by atoms with Gasteiger partial charge in [-0.25, -0.2) is 0 Å². The highest BCUT2D eigenvalue weighted by Gasteiger charge is 1.77. The highest BCUT2D eigenvalue weighted by molar-refractivity contribution is 4.69. The normalized spacial score (nSPS) is 10.6. The summed E-state index contributed by atoms with van der Waals surface area (Å²) in [5.41, 5.74) is 0. The molecule has 0 radical (unpaired) electrons. The van der Waals surface area contributed by atoms with Crippen LogP contribution in [0.15, 0.2) is 12.3 Å². The Hall–Kier alpha value is -0.540. The Balaban J connectivity index is 2.72. The predicted molar refractivity (Wildman–Crippen MR) is 29.7 cm³/mol. The van der Waals surface area contributed by atoms with E-state index in [1.165, 1.54) is 6.08 Å². The third-order valence-corrected chi connectivity index (χ3v) is 0.555. The van der Waals surface area contributed by atoms with Crippen molar-refractivity contribution in [1.29, 1.82) is 0 Å². The van der Waals surface area contributed by atoms with E-state index in [1.807, 2.05) is 0 Å². The Bertz CT molecular complexity index is 60.7. The van der Waals surface area contributed by atoms with Crippen LogP contribution < -0.4 is 0 Å². The molecule has 0 spiro atoms. The molecule has 0 aromatic rings. The molecule has 0 aromatic heterocycles. The second-order valence-corrected chi connectivity index (χ2v) is 1.18. The molecule has 0 unspecified atom stereocenters. The Morgan fingerprint density at radius 1 is 1.50 bits per heavy atom. The molecule has 0 aliphatic rings. The number of rotatable bonds is 4. The maximum Gasteiger partial charge on any atom is 0.0774 e. The Labute approximate surface area is 48.2 Å². The molecule has 0 atom stereocenters. The number of aliphatic hydroxyl groups is 2. The lowest BCUT2D eigenvalue weighted by atomic mass is 10.6. The van der Waals surface area contributed by atoms with Crippen molar-refractivity contribution in [2.24, 2.45) is 0 Å². The van der Waals surface area contributed by atoms with Crippen LogP contribution in [0.25, 0.3) is 0 Å². The first-order chi connectivity index (χ1) is 3.91. The summed E-state index contributed by atoms with van der Waals surface area (Å²) in [6.07, 6.45) is 2.37. The molecule has 0 aliphatic heterocycles. The molecule has 0 heterocycles. The van der Waals surface area contributed by atoms with Crippen molar-refractivity contribution in [1.82, 2.24) is 0 Å². The summed E-state index contributed by atoms with van der Waals surface area (Å²) in [6.45, 7) is 0.709. The van der Waals surface area contributed by atoms with E-state index in [0.29, 0.717) is 13.2 Å². The molecule has 0 aromatic carbocycles. The van der Waals surface area contributed by atoms with Crippen LogP contribution in [-0.2, 0) is 4.74 Å². The van der Waals surface area contributed by atoms with Gasteiger partial charge in [0.1, 0.15) is 0 Å². The second-order valence-electron chi connectivity index (χ2n) is 1.18. The van der Waals surface area contributed by atoms with Crippen LogP contribution in [0.2, 0.25) is 0 Å². The maximum atomic E-state index is 8.15. The molecular formula is C5H10O3. The zero-order valence-corrected chi connectivity index (χ0v) is 4.58. The quantitative estimate of drug-likeness (QED) is 0.405. The van der Waals surface area contributed by atoms with E-state index in [9.17, 15) is 0 Å². The van der Waals surface area contributed by atoms with Gasteiger partial charge in [0, 0.05) is 0 Å². The van der Waals surface area contributed by atoms with E-state index in [1.54, 1.807) is 0 Å². The van der Waals surface area contributed by atoms with E-state index in [-0.39, 0.29) is 6.61 Å². The van der Waals surface area contributed by atoms with Crippen molar-refractivity contribution >= 4 is 0 Å². The summed E-state index contributed by atoms with van der Waals surface area (Å²) in [5.74, 6) is 0. The molecule has 0 fully saturated rings. The lowest BCUT2D eigenvalue weighted by Gasteiger charge is -1.92. The van der Waals surface area contributed by atoms with Gasteiger partial charge in [-0.3, -0.25) is 0 Å². The number of hydrogen-bond acceptors (Lipinski definition) is 3. The fourth-order valence-corrected chi connectivity index (χ4v) is 0.259. The highest BCUT2D eigenvalue weighted by Crippen LogP contribution is 1.73. The summed E-state index contributed by atoms with van der Waals surface area (Å²) in [4.78, 5) is 0. The van der Waals surface area contributed by atoms with Crippen LogP contribution in [0.4, 0.5) is 0 Å². The molecule has 0 saturated carbocycles. The van der Waals surface area contributed by atoms with Crippen molar-refractivity contribution in [2.75, 3.05) is 19.8 Å². The van der Waals surface area contributed by atoms with E-state index in [0.717, 1.165) is 6.26 Å². The monoisotopic (exact) mass is 118 g/mol. The number of hydrogen-bond donors (Lipinski definition) is 2. The fourth-order valence-electron chi connectivity index (χ4n) is 0.259. The van der Waals surface area contributed by atoms with Crippen molar-refractivity contribution in [3.63, 3.8) is 0 Å². The predicted octanol–water partition coefficient (Wildman–Crippen LogP) is 0.0670. The van der Waals surface area contributed by atoms with Crippen LogP contribution in [-0.4, -0.2) is 30.0 Å². The standard InChI is InChI=1S/C5H10O3/c6-2-1-4-8-5-3-7/h1-2,6-7H,3-5H2. The summed E-state index contributed by atoms with van der Waals surface area (Å²) in [5, 5.41) is 16.2. The lowest BCUT2D eigenvalue weighted by molar-refractivity contribution is 0.111. The van der Waals surface area contributed by atoms with Gasteiger partial charge in [-0.15, -0.1) is 0 Å². The molecule has 48 valence electrons. The Kier molecular flexibility index (Phi) is 6.02. The largest absolute Gasteiger partial charge is 0.516 e. The molecule has 0 rings (SSSR count). The first-order valence-electron chi connectivity index (χ1n) is 2.39. The number of ether oxygens (including phenoxy) is 1. The van der Waals surface area contributed by atoms with E-state index < -0.39 is 0 Å². The average molecular weight is 118 g/mol.